The molecule has 0 aromatic rings. The molecule has 0 amide bonds. The summed E-state index contributed by atoms with van der Waals surface area (Å²) in [5.41, 5.74) is 0.714. The number of allylic oxidation sites excluding steroid dienone is 2. The molecule has 1 fully saturated rings. The number of carbonyl (C=O) groups excluding carboxylic acids is 2. The zero-order chi connectivity index (χ0) is 26.0. The van der Waals surface area contributed by atoms with Crippen LogP contribution in [0.25, 0.3) is 0 Å². The van der Waals surface area contributed by atoms with E-state index in [1.165, 1.54) is 26.4 Å². The number of hydrogen-bond acceptors (Lipinski definition) is 11. The lowest BCUT2D eigenvalue weighted by molar-refractivity contribution is -0.284. The molecule has 7 N–H and O–H groups in total. The molecule has 5 rings (SSSR count). The first-order valence-corrected chi connectivity index (χ1v) is 10.6. The molecule has 0 radical (unpaired) electrons. The van der Waals surface area contributed by atoms with Crippen LogP contribution >= 0.6 is 0 Å². The van der Waals surface area contributed by atoms with Crippen molar-refractivity contribution in [1.82, 2.24) is 0 Å². The van der Waals surface area contributed by atoms with Gasteiger partial charge < -0.3 is 63.5 Å². The second kappa shape index (κ2) is 8.37. The largest absolute Gasteiger partial charge is 0.519 e. The topological polar surface area (TPSA) is 216 Å². The van der Waals surface area contributed by atoms with Gasteiger partial charge in [0.2, 0.25) is 17.8 Å². The first-order valence-electron chi connectivity index (χ1n) is 10.6. The van der Waals surface area contributed by atoms with Crippen molar-refractivity contribution in [1.29, 1.82) is 0 Å². The number of carboxylic acids is 1. The Morgan fingerprint density at radius 3 is 2.00 bits per heavy atom. The predicted octanol–water partition coefficient (Wildman–Crippen LogP) is -1.85. The summed E-state index contributed by atoms with van der Waals surface area (Å²) in [6, 6.07) is 0. The van der Waals surface area contributed by atoms with Crippen molar-refractivity contribution >= 4 is 17.9 Å². The molecule has 0 aromatic carbocycles. The van der Waals surface area contributed by atoms with Crippen molar-refractivity contribution in [2.24, 2.45) is 0 Å². The number of rotatable bonds is 5. The molecule has 14 heteroatoms. The lowest BCUT2D eigenvalue weighted by atomic mass is 9.78. The highest BCUT2D eigenvalue weighted by Gasteiger charge is 2.60. The van der Waals surface area contributed by atoms with Crippen LogP contribution in [0.3, 0.4) is 0 Å². The molecule has 0 spiro atoms. The van der Waals surface area contributed by atoms with Crippen LogP contribution < -0.4 is 0 Å². The molecule has 0 aromatic heterocycles. The first kappa shape index (κ1) is 23.9. The smallest absolute Gasteiger partial charge is 0.504 e. The minimum absolute atomic E-state index is 0.0259. The van der Waals surface area contributed by atoms with Gasteiger partial charge >= 0.3 is 17.9 Å². The van der Waals surface area contributed by atoms with Crippen LogP contribution in [0.2, 0.25) is 0 Å². The van der Waals surface area contributed by atoms with E-state index < -0.39 is 60.8 Å². The van der Waals surface area contributed by atoms with Crippen LogP contribution in [-0.2, 0) is 33.2 Å². The quantitative estimate of drug-likeness (QED) is 0.203. The summed E-state index contributed by atoms with van der Waals surface area (Å²) >= 11 is 0. The zero-order valence-corrected chi connectivity index (χ0v) is 18.7. The summed E-state index contributed by atoms with van der Waals surface area (Å²) < 4.78 is 32.7. The van der Waals surface area contributed by atoms with E-state index in [2.05, 4.69) is 0 Å². The standard InChI is InChI=1S/C22H20O14/c1-31-14-7(23)3-5-9-10-6(21(30)34-16(9)14)4-8(15(32-2)17(10)35-20(5)29)33-22-13(26)11(24)12(25)18(36-22)19(27)28/h3-4,11-13,16-18,22-26H,1-2H3,(H,27,28)/p+2/t11-,12-,13+,16?,17?,18-,22-/m0/s1. The van der Waals surface area contributed by atoms with Gasteiger partial charge in [-0.3, -0.25) is 0 Å². The number of aliphatic hydroxyl groups is 4. The van der Waals surface area contributed by atoms with Gasteiger partial charge in [0.05, 0.1) is 25.4 Å². The van der Waals surface area contributed by atoms with Crippen molar-refractivity contribution in [2.45, 2.75) is 42.9 Å². The third-order valence-corrected chi connectivity index (χ3v) is 6.34. The second-order valence-electron chi connectivity index (χ2n) is 8.29. The predicted molar refractivity (Wildman–Crippen MR) is 113 cm³/mol. The lowest BCUT2D eigenvalue weighted by Crippen LogP contribution is -2.60. The number of aliphatic carboxylic acids is 1. The summed E-state index contributed by atoms with van der Waals surface area (Å²) in [7, 11) is 2.54. The van der Waals surface area contributed by atoms with Crippen molar-refractivity contribution in [2.75, 3.05) is 14.2 Å². The monoisotopic (exact) mass is 510 g/mol. The van der Waals surface area contributed by atoms with Crippen molar-refractivity contribution in [3.8, 4) is 0 Å². The van der Waals surface area contributed by atoms with E-state index in [4.69, 9.17) is 28.4 Å². The summed E-state index contributed by atoms with van der Waals surface area (Å²) in [5, 5.41) is 49.9. The van der Waals surface area contributed by atoms with Gasteiger partial charge in [0.25, 0.3) is 12.2 Å². The first-order chi connectivity index (χ1) is 17.1. The maximum atomic E-state index is 11.4. The molecule has 3 aliphatic heterocycles. The van der Waals surface area contributed by atoms with Gasteiger partial charge in [-0.25, -0.2) is 4.79 Å². The van der Waals surface area contributed by atoms with Gasteiger partial charge in [0.15, 0.2) is 17.6 Å². The molecular formula is C22H22O14+2. The molecule has 0 saturated carbocycles. The highest BCUT2D eigenvalue weighted by Crippen LogP contribution is 2.48. The average molecular weight is 510 g/mol. The molecule has 3 heterocycles. The fraction of sp³-hybridized carbons (Fsp3) is 0.409. The third kappa shape index (κ3) is 3.30. The Morgan fingerprint density at radius 2 is 1.44 bits per heavy atom. The SMILES string of the molecule is COC1=C(O)C=C2C(=[OH+])OC3C(OC)=C(O[C@H]4O[C@H](C(=O)O)[C@@H](O)[C@H](O)[C@H]4O)C=C4C(=[OH+])OC1C2=C43. The lowest BCUT2D eigenvalue weighted by Gasteiger charge is -2.39. The third-order valence-electron chi connectivity index (χ3n) is 6.34. The fourth-order valence-electron chi connectivity index (χ4n) is 4.66. The number of aliphatic hydroxyl groups excluding tert-OH is 4. The maximum absolute atomic E-state index is 11.4. The Bertz CT molecular complexity index is 1220. The van der Waals surface area contributed by atoms with Crippen molar-refractivity contribution in [3.63, 3.8) is 0 Å². The van der Waals surface area contributed by atoms with Gasteiger partial charge in [0.1, 0.15) is 29.5 Å². The highest BCUT2D eigenvalue weighted by atomic mass is 16.7. The Hall–Kier alpha value is -3.85. The average Bonchev–Trinajstić information content (AvgIpc) is 2.83. The van der Waals surface area contributed by atoms with E-state index in [0.29, 0.717) is 11.1 Å². The molecule has 36 heavy (non-hydrogen) atoms. The van der Waals surface area contributed by atoms with Crippen molar-refractivity contribution < 1.29 is 68.3 Å². The minimum Gasteiger partial charge on any atom is -0.504 e. The van der Waals surface area contributed by atoms with E-state index >= 15 is 0 Å². The van der Waals surface area contributed by atoms with Gasteiger partial charge in [-0.1, -0.05) is 0 Å². The van der Waals surface area contributed by atoms with E-state index in [0.717, 1.165) is 0 Å². The van der Waals surface area contributed by atoms with E-state index in [1.54, 1.807) is 0 Å². The van der Waals surface area contributed by atoms with Crippen LogP contribution in [0.15, 0.2) is 57.5 Å². The number of esters is 2. The van der Waals surface area contributed by atoms with Gasteiger partial charge in [-0.15, -0.1) is 0 Å². The number of carbonyl (C=O) groups is 1. The van der Waals surface area contributed by atoms with Crippen LogP contribution in [0, 0.1) is 0 Å². The van der Waals surface area contributed by atoms with E-state index in [1.807, 2.05) is 0 Å². The highest BCUT2D eigenvalue weighted by molar-refractivity contribution is 6.05. The molecule has 14 nitrogen and oxygen atoms in total. The molecule has 1 saturated heterocycles. The molecule has 7 atom stereocenters. The Balaban J connectivity index is 1.59. The van der Waals surface area contributed by atoms with Gasteiger partial charge in [-0.05, 0) is 0 Å². The minimum atomic E-state index is -1.93. The number of methoxy groups -OCH3 is 2. The fourth-order valence-corrected chi connectivity index (χ4v) is 4.66. The molecule has 0 bridgehead atoms. The molecule has 5 aliphatic rings. The number of ether oxygens (including phenoxy) is 6. The normalized spacial score (nSPS) is 35.3. The van der Waals surface area contributed by atoms with Crippen molar-refractivity contribution in [3.05, 3.63) is 57.5 Å². The van der Waals surface area contributed by atoms with E-state index in [-0.39, 0.29) is 34.2 Å². The van der Waals surface area contributed by atoms with E-state index in [9.17, 15) is 39.9 Å². The number of hydrogen-bond donors (Lipinski definition) is 5. The van der Waals surface area contributed by atoms with Crippen LogP contribution in [-0.4, -0.2) is 110 Å². The van der Waals surface area contributed by atoms with Gasteiger partial charge in [-0.2, -0.15) is 0 Å². The molecule has 2 aliphatic carbocycles. The molecule has 192 valence electrons. The Kier molecular flexibility index (Phi) is 5.55. The summed E-state index contributed by atoms with van der Waals surface area (Å²) in [4.78, 5) is 32.7. The van der Waals surface area contributed by atoms with Crippen LogP contribution in [0.5, 0.6) is 0 Å². The van der Waals surface area contributed by atoms with Gasteiger partial charge in [0, 0.05) is 12.2 Å². The maximum Gasteiger partial charge on any atom is 0.519 e. The van der Waals surface area contributed by atoms with Crippen LogP contribution in [0.4, 0.5) is 0 Å². The number of carboxylic acid groups (broad SMARTS) is 1. The Labute approximate surface area is 201 Å². The van der Waals surface area contributed by atoms with Crippen LogP contribution in [0.1, 0.15) is 0 Å². The molecular weight excluding hydrogens is 488 g/mol. The second-order valence-corrected chi connectivity index (χ2v) is 8.29. The summed E-state index contributed by atoms with van der Waals surface area (Å²) in [6.45, 7) is 0. The molecule has 2 unspecified atom stereocenters. The summed E-state index contributed by atoms with van der Waals surface area (Å²) in [5.74, 6) is -3.53. The summed E-state index contributed by atoms with van der Waals surface area (Å²) in [6.07, 6.45) is -9.35. The Morgan fingerprint density at radius 1 is 0.889 bits per heavy atom. The zero-order valence-electron chi connectivity index (χ0n) is 18.7.